The van der Waals surface area contributed by atoms with Gasteiger partial charge in [0.05, 0.1) is 17.2 Å². The lowest BCUT2D eigenvalue weighted by Gasteiger charge is -2.32. The average molecular weight is 276 g/mol. The van der Waals surface area contributed by atoms with Gasteiger partial charge in [0.1, 0.15) is 5.69 Å². The van der Waals surface area contributed by atoms with Crippen molar-refractivity contribution in [3.63, 3.8) is 0 Å². The molecular weight excluding hydrogens is 264 g/mol. The van der Waals surface area contributed by atoms with Crippen LogP contribution in [-0.4, -0.2) is 37.6 Å². The molecule has 3 rings (SSSR count). The first kappa shape index (κ1) is 12.0. The highest BCUT2D eigenvalue weighted by molar-refractivity contribution is 7.07. The standard InChI is InChI=1S/C12H12N4O2S/c1-7-8-4-13-11(10-5-19-6-14-10)15-9(8)2-3-16(7)12(17)18/h4-7H,2-3H2,1H3,(H,17,18). The molecule has 0 aliphatic carbocycles. The zero-order valence-electron chi connectivity index (χ0n) is 10.3. The van der Waals surface area contributed by atoms with Crippen LogP contribution in [0.4, 0.5) is 4.79 Å². The number of rotatable bonds is 1. The van der Waals surface area contributed by atoms with Gasteiger partial charge in [0, 0.05) is 30.1 Å². The topological polar surface area (TPSA) is 79.2 Å². The lowest BCUT2D eigenvalue weighted by atomic mass is 10.00. The van der Waals surface area contributed by atoms with Gasteiger partial charge in [-0.05, 0) is 6.92 Å². The van der Waals surface area contributed by atoms with E-state index >= 15 is 0 Å². The number of nitrogens with zero attached hydrogens (tertiary/aromatic N) is 4. The van der Waals surface area contributed by atoms with Gasteiger partial charge in [-0.15, -0.1) is 11.3 Å². The molecule has 0 radical (unpaired) electrons. The Labute approximate surface area is 113 Å². The van der Waals surface area contributed by atoms with Gasteiger partial charge >= 0.3 is 6.09 Å². The smallest absolute Gasteiger partial charge is 0.407 e. The summed E-state index contributed by atoms with van der Waals surface area (Å²) in [5.41, 5.74) is 4.31. The second-order valence-corrected chi connectivity index (χ2v) is 5.09. The van der Waals surface area contributed by atoms with Crippen LogP contribution in [0, 0.1) is 0 Å². The molecule has 0 saturated heterocycles. The van der Waals surface area contributed by atoms with Gasteiger partial charge in [0.15, 0.2) is 5.82 Å². The van der Waals surface area contributed by atoms with Crippen LogP contribution in [0.1, 0.15) is 24.2 Å². The van der Waals surface area contributed by atoms with Gasteiger partial charge in [-0.25, -0.2) is 19.7 Å². The number of hydrogen-bond acceptors (Lipinski definition) is 5. The molecule has 3 heterocycles. The summed E-state index contributed by atoms with van der Waals surface area (Å²) in [6, 6.07) is -0.203. The Kier molecular flexibility index (Phi) is 2.90. The lowest BCUT2D eigenvalue weighted by Crippen LogP contribution is -2.38. The third kappa shape index (κ3) is 2.06. The van der Waals surface area contributed by atoms with E-state index in [1.165, 1.54) is 16.2 Å². The fourth-order valence-corrected chi connectivity index (χ4v) is 2.80. The Hall–Kier alpha value is -2.02. The first-order valence-electron chi connectivity index (χ1n) is 5.90. The van der Waals surface area contributed by atoms with Crippen molar-refractivity contribution >= 4 is 17.4 Å². The molecule has 98 valence electrons. The minimum absolute atomic E-state index is 0.203. The molecule has 1 amide bonds. The second kappa shape index (κ2) is 4.58. The van der Waals surface area contributed by atoms with Crippen molar-refractivity contribution in [2.24, 2.45) is 0 Å². The maximum absolute atomic E-state index is 11.1. The van der Waals surface area contributed by atoms with Gasteiger partial charge in [0.2, 0.25) is 0 Å². The molecule has 1 aliphatic rings. The summed E-state index contributed by atoms with van der Waals surface area (Å²) in [6.07, 6.45) is 1.43. The van der Waals surface area contributed by atoms with Crippen LogP contribution in [0.5, 0.6) is 0 Å². The molecule has 0 fully saturated rings. The molecule has 2 aromatic heterocycles. The molecule has 0 saturated carbocycles. The SMILES string of the molecule is CC1c2cnc(-c3cscn3)nc2CCN1C(=O)O. The molecule has 0 spiro atoms. The fourth-order valence-electron chi connectivity index (χ4n) is 2.27. The van der Waals surface area contributed by atoms with Crippen LogP contribution >= 0.6 is 11.3 Å². The second-order valence-electron chi connectivity index (χ2n) is 4.37. The van der Waals surface area contributed by atoms with Crippen molar-refractivity contribution in [1.82, 2.24) is 19.9 Å². The lowest BCUT2D eigenvalue weighted by molar-refractivity contribution is 0.124. The summed E-state index contributed by atoms with van der Waals surface area (Å²) < 4.78 is 0. The Morgan fingerprint density at radius 2 is 2.37 bits per heavy atom. The van der Waals surface area contributed by atoms with E-state index in [1.807, 2.05) is 12.3 Å². The van der Waals surface area contributed by atoms with Crippen molar-refractivity contribution < 1.29 is 9.90 Å². The molecular formula is C12H12N4O2S. The van der Waals surface area contributed by atoms with Crippen LogP contribution in [0.3, 0.4) is 0 Å². The van der Waals surface area contributed by atoms with Crippen molar-refractivity contribution in [2.75, 3.05) is 6.54 Å². The van der Waals surface area contributed by atoms with E-state index in [2.05, 4.69) is 15.0 Å². The molecule has 0 aromatic carbocycles. The summed E-state index contributed by atoms with van der Waals surface area (Å²) >= 11 is 1.50. The zero-order valence-corrected chi connectivity index (χ0v) is 11.1. The van der Waals surface area contributed by atoms with E-state index in [9.17, 15) is 4.79 Å². The average Bonchev–Trinajstić information content (AvgIpc) is 2.92. The normalized spacial score (nSPS) is 18.2. The van der Waals surface area contributed by atoms with Crippen molar-refractivity contribution in [3.05, 3.63) is 28.3 Å². The largest absolute Gasteiger partial charge is 0.465 e. The minimum atomic E-state index is -0.901. The third-order valence-corrected chi connectivity index (χ3v) is 3.90. The van der Waals surface area contributed by atoms with Gasteiger partial charge < -0.3 is 10.0 Å². The number of fused-ring (bicyclic) bond motifs is 1. The maximum atomic E-state index is 11.1. The summed E-state index contributed by atoms with van der Waals surface area (Å²) in [4.78, 5) is 25.5. The number of carboxylic acid groups (broad SMARTS) is 1. The number of carbonyl (C=O) groups is 1. The van der Waals surface area contributed by atoms with E-state index in [-0.39, 0.29) is 6.04 Å². The quantitative estimate of drug-likeness (QED) is 0.863. The minimum Gasteiger partial charge on any atom is -0.465 e. The van der Waals surface area contributed by atoms with Crippen molar-refractivity contribution in [3.8, 4) is 11.5 Å². The molecule has 19 heavy (non-hydrogen) atoms. The highest BCUT2D eigenvalue weighted by Crippen LogP contribution is 2.29. The Morgan fingerprint density at radius 3 is 3.05 bits per heavy atom. The predicted octanol–water partition coefficient (Wildman–Crippen LogP) is 2.20. The van der Waals surface area contributed by atoms with Gasteiger partial charge in [-0.2, -0.15) is 0 Å². The fraction of sp³-hybridized carbons (Fsp3) is 0.333. The zero-order chi connectivity index (χ0) is 13.4. The molecule has 1 aliphatic heterocycles. The van der Waals surface area contributed by atoms with Crippen LogP contribution in [-0.2, 0) is 6.42 Å². The van der Waals surface area contributed by atoms with E-state index in [0.29, 0.717) is 18.8 Å². The first-order chi connectivity index (χ1) is 9.16. The summed E-state index contributed by atoms with van der Waals surface area (Å²) in [5.74, 6) is 0.607. The molecule has 1 unspecified atom stereocenters. The van der Waals surface area contributed by atoms with E-state index in [1.54, 1.807) is 11.7 Å². The summed E-state index contributed by atoms with van der Waals surface area (Å²) in [7, 11) is 0. The summed E-state index contributed by atoms with van der Waals surface area (Å²) in [6.45, 7) is 2.33. The van der Waals surface area contributed by atoms with Crippen LogP contribution in [0.15, 0.2) is 17.1 Å². The van der Waals surface area contributed by atoms with Crippen molar-refractivity contribution in [2.45, 2.75) is 19.4 Å². The van der Waals surface area contributed by atoms with Crippen LogP contribution < -0.4 is 0 Å². The highest BCUT2D eigenvalue weighted by atomic mass is 32.1. The Balaban J connectivity index is 1.98. The Bertz CT molecular complexity index is 614. The van der Waals surface area contributed by atoms with Crippen molar-refractivity contribution in [1.29, 1.82) is 0 Å². The number of thiazole rings is 1. The monoisotopic (exact) mass is 276 g/mol. The maximum Gasteiger partial charge on any atom is 0.407 e. The third-order valence-electron chi connectivity index (χ3n) is 3.31. The molecule has 1 atom stereocenters. The molecule has 0 bridgehead atoms. The predicted molar refractivity (Wildman–Crippen MR) is 70.0 cm³/mol. The van der Waals surface area contributed by atoms with E-state index in [4.69, 9.17) is 5.11 Å². The van der Waals surface area contributed by atoms with Gasteiger partial charge in [-0.3, -0.25) is 0 Å². The molecule has 2 aromatic rings. The Morgan fingerprint density at radius 1 is 1.53 bits per heavy atom. The molecule has 7 heteroatoms. The molecule has 1 N–H and O–H groups in total. The number of amides is 1. The molecule has 6 nitrogen and oxygen atoms in total. The van der Waals surface area contributed by atoms with Crippen LogP contribution in [0.25, 0.3) is 11.5 Å². The number of hydrogen-bond donors (Lipinski definition) is 1. The van der Waals surface area contributed by atoms with Gasteiger partial charge in [-0.1, -0.05) is 0 Å². The number of aromatic nitrogens is 3. The highest BCUT2D eigenvalue weighted by Gasteiger charge is 2.28. The first-order valence-corrected chi connectivity index (χ1v) is 6.85. The van der Waals surface area contributed by atoms with E-state index < -0.39 is 6.09 Å². The summed E-state index contributed by atoms with van der Waals surface area (Å²) in [5, 5.41) is 11.0. The van der Waals surface area contributed by atoms with Crippen LogP contribution in [0.2, 0.25) is 0 Å². The van der Waals surface area contributed by atoms with Gasteiger partial charge in [0.25, 0.3) is 0 Å². The van der Waals surface area contributed by atoms with E-state index in [0.717, 1.165) is 17.0 Å².